The zero-order chi connectivity index (χ0) is 14.3. The van der Waals surface area contributed by atoms with Crippen LogP contribution in [0.25, 0.3) is 0 Å². The van der Waals surface area contributed by atoms with Gasteiger partial charge in [0.1, 0.15) is 0 Å². The lowest BCUT2D eigenvalue weighted by molar-refractivity contribution is -0.154. The summed E-state index contributed by atoms with van der Waals surface area (Å²) in [4.78, 5) is 22.9. The van der Waals surface area contributed by atoms with Gasteiger partial charge in [0.05, 0.1) is 5.41 Å². The molecule has 0 spiro atoms. The Hall–Kier alpha value is -1.56. The SMILES string of the molecule is CC(C)=CCNC(=O)NCC1(C(=O)O)CCOCC1. The monoisotopic (exact) mass is 270 g/mol. The standard InChI is InChI=1S/C13H22N2O4/c1-10(2)3-6-14-12(18)15-9-13(11(16)17)4-7-19-8-5-13/h3H,4-9H2,1-2H3,(H,16,17)(H2,14,15,18). The molecule has 6 heteroatoms. The largest absolute Gasteiger partial charge is 0.481 e. The zero-order valence-corrected chi connectivity index (χ0v) is 11.5. The quantitative estimate of drug-likeness (QED) is 0.654. The van der Waals surface area contributed by atoms with Crippen molar-refractivity contribution in [3.63, 3.8) is 0 Å². The Balaban J connectivity index is 2.42. The average Bonchev–Trinajstić information content (AvgIpc) is 2.37. The lowest BCUT2D eigenvalue weighted by Crippen LogP contribution is -2.48. The minimum Gasteiger partial charge on any atom is -0.481 e. The highest BCUT2D eigenvalue weighted by Gasteiger charge is 2.40. The summed E-state index contributed by atoms with van der Waals surface area (Å²) < 4.78 is 5.17. The first-order valence-corrected chi connectivity index (χ1v) is 6.42. The molecule has 0 unspecified atom stereocenters. The van der Waals surface area contributed by atoms with Crippen molar-refractivity contribution in [3.8, 4) is 0 Å². The van der Waals surface area contributed by atoms with Crippen LogP contribution in [0, 0.1) is 5.41 Å². The molecule has 0 aromatic rings. The van der Waals surface area contributed by atoms with Crippen LogP contribution in [0.15, 0.2) is 11.6 Å². The number of rotatable bonds is 5. The molecule has 0 aliphatic carbocycles. The number of hydrogen-bond acceptors (Lipinski definition) is 3. The van der Waals surface area contributed by atoms with Gasteiger partial charge in [0.15, 0.2) is 0 Å². The van der Waals surface area contributed by atoms with Crippen LogP contribution in [0.1, 0.15) is 26.7 Å². The van der Waals surface area contributed by atoms with E-state index in [9.17, 15) is 14.7 Å². The molecule has 0 atom stereocenters. The number of carboxylic acids is 1. The molecule has 0 bridgehead atoms. The normalized spacial score (nSPS) is 17.4. The number of nitrogens with one attached hydrogen (secondary N) is 2. The lowest BCUT2D eigenvalue weighted by Gasteiger charge is -2.33. The van der Waals surface area contributed by atoms with Crippen LogP contribution in [0.2, 0.25) is 0 Å². The van der Waals surface area contributed by atoms with Gasteiger partial charge >= 0.3 is 12.0 Å². The van der Waals surface area contributed by atoms with Gasteiger partial charge in [-0.15, -0.1) is 0 Å². The summed E-state index contributed by atoms with van der Waals surface area (Å²) in [7, 11) is 0. The van der Waals surface area contributed by atoms with Crippen molar-refractivity contribution in [2.75, 3.05) is 26.3 Å². The van der Waals surface area contributed by atoms with Gasteiger partial charge in [-0.3, -0.25) is 4.79 Å². The van der Waals surface area contributed by atoms with E-state index in [1.165, 1.54) is 0 Å². The maximum Gasteiger partial charge on any atom is 0.315 e. The Labute approximate surface area is 113 Å². The van der Waals surface area contributed by atoms with Crippen molar-refractivity contribution in [1.82, 2.24) is 10.6 Å². The summed E-state index contributed by atoms with van der Waals surface area (Å²) in [6.45, 7) is 5.31. The summed E-state index contributed by atoms with van der Waals surface area (Å²) in [5.74, 6) is -0.875. The summed E-state index contributed by atoms with van der Waals surface area (Å²) in [5, 5.41) is 14.6. The topological polar surface area (TPSA) is 87.7 Å². The first kappa shape index (κ1) is 15.5. The van der Waals surface area contributed by atoms with Crippen LogP contribution in [-0.2, 0) is 9.53 Å². The van der Waals surface area contributed by atoms with Gasteiger partial charge < -0.3 is 20.5 Å². The molecule has 19 heavy (non-hydrogen) atoms. The van der Waals surface area contributed by atoms with E-state index in [4.69, 9.17) is 4.74 Å². The molecule has 6 nitrogen and oxygen atoms in total. The summed E-state index contributed by atoms with van der Waals surface area (Å²) in [6, 6.07) is -0.343. The van der Waals surface area contributed by atoms with E-state index in [2.05, 4.69) is 10.6 Å². The van der Waals surface area contributed by atoms with Crippen molar-refractivity contribution < 1.29 is 19.4 Å². The maximum atomic E-state index is 11.6. The van der Waals surface area contributed by atoms with Crippen LogP contribution in [0.3, 0.4) is 0 Å². The van der Waals surface area contributed by atoms with Crippen LogP contribution in [0.5, 0.6) is 0 Å². The Morgan fingerprint density at radius 3 is 2.42 bits per heavy atom. The molecular formula is C13H22N2O4. The van der Waals surface area contributed by atoms with Crippen molar-refractivity contribution in [2.24, 2.45) is 5.41 Å². The zero-order valence-electron chi connectivity index (χ0n) is 11.5. The van der Waals surface area contributed by atoms with E-state index < -0.39 is 11.4 Å². The Morgan fingerprint density at radius 1 is 1.26 bits per heavy atom. The van der Waals surface area contributed by atoms with E-state index in [0.29, 0.717) is 32.6 Å². The third-order valence-corrected chi connectivity index (χ3v) is 3.26. The molecule has 3 N–H and O–H groups in total. The first-order chi connectivity index (χ1) is 8.96. The summed E-state index contributed by atoms with van der Waals surface area (Å²) >= 11 is 0. The molecule has 0 aromatic carbocycles. The molecule has 1 heterocycles. The molecule has 0 aromatic heterocycles. The number of aliphatic carboxylic acids is 1. The van der Waals surface area contributed by atoms with Crippen LogP contribution >= 0.6 is 0 Å². The molecule has 1 fully saturated rings. The van der Waals surface area contributed by atoms with Gasteiger partial charge in [-0.2, -0.15) is 0 Å². The smallest absolute Gasteiger partial charge is 0.315 e. The lowest BCUT2D eigenvalue weighted by atomic mass is 9.80. The van der Waals surface area contributed by atoms with Gasteiger partial charge in [0, 0.05) is 26.3 Å². The number of ether oxygens (including phenoxy) is 1. The number of carboxylic acid groups (broad SMARTS) is 1. The van der Waals surface area contributed by atoms with E-state index in [0.717, 1.165) is 5.57 Å². The Kier molecular flexibility index (Phi) is 5.82. The fourth-order valence-electron chi connectivity index (χ4n) is 1.89. The third-order valence-electron chi connectivity index (χ3n) is 3.26. The molecule has 2 amide bonds. The van der Waals surface area contributed by atoms with Crippen LogP contribution < -0.4 is 10.6 Å². The predicted molar refractivity (Wildman–Crippen MR) is 71.0 cm³/mol. The molecule has 1 aliphatic rings. The fraction of sp³-hybridized carbons (Fsp3) is 0.692. The Morgan fingerprint density at radius 2 is 1.89 bits per heavy atom. The first-order valence-electron chi connectivity index (χ1n) is 6.42. The molecule has 1 aliphatic heterocycles. The highest BCUT2D eigenvalue weighted by Crippen LogP contribution is 2.29. The Bertz CT molecular complexity index is 356. The third kappa shape index (κ3) is 4.90. The van der Waals surface area contributed by atoms with Gasteiger partial charge in [0.2, 0.25) is 0 Å². The molecule has 108 valence electrons. The molecule has 1 rings (SSSR count). The number of urea groups is 1. The van der Waals surface area contributed by atoms with E-state index in [1.807, 2.05) is 19.9 Å². The van der Waals surface area contributed by atoms with Gasteiger partial charge in [-0.05, 0) is 26.7 Å². The van der Waals surface area contributed by atoms with Crippen LogP contribution in [-0.4, -0.2) is 43.4 Å². The van der Waals surface area contributed by atoms with Crippen molar-refractivity contribution in [1.29, 1.82) is 0 Å². The summed E-state index contributed by atoms with van der Waals surface area (Å²) in [5.41, 5.74) is 0.221. The maximum absolute atomic E-state index is 11.6. The van der Waals surface area contributed by atoms with Crippen molar-refractivity contribution in [3.05, 3.63) is 11.6 Å². The highest BCUT2D eigenvalue weighted by atomic mass is 16.5. The average molecular weight is 270 g/mol. The highest BCUT2D eigenvalue weighted by molar-refractivity contribution is 5.78. The number of amides is 2. The second-order valence-corrected chi connectivity index (χ2v) is 5.04. The van der Waals surface area contributed by atoms with E-state index in [-0.39, 0.29) is 12.6 Å². The van der Waals surface area contributed by atoms with E-state index >= 15 is 0 Å². The van der Waals surface area contributed by atoms with Gasteiger partial charge in [-0.25, -0.2) is 4.79 Å². The minimum absolute atomic E-state index is 0.131. The molecule has 1 saturated heterocycles. The predicted octanol–water partition coefficient (Wildman–Crippen LogP) is 1.13. The molecule has 0 radical (unpaired) electrons. The summed E-state index contributed by atoms with van der Waals surface area (Å²) in [6.07, 6.45) is 2.74. The number of carbonyl (C=O) groups excluding carboxylic acids is 1. The number of allylic oxidation sites excluding steroid dienone is 1. The van der Waals surface area contributed by atoms with Crippen LogP contribution in [0.4, 0.5) is 4.79 Å². The minimum atomic E-state index is -0.897. The fourth-order valence-corrected chi connectivity index (χ4v) is 1.89. The van der Waals surface area contributed by atoms with Crippen molar-refractivity contribution in [2.45, 2.75) is 26.7 Å². The van der Waals surface area contributed by atoms with E-state index in [1.54, 1.807) is 0 Å². The second kappa shape index (κ2) is 7.13. The second-order valence-electron chi connectivity index (χ2n) is 5.04. The number of hydrogen-bond donors (Lipinski definition) is 3. The van der Waals surface area contributed by atoms with Gasteiger partial charge in [0.25, 0.3) is 0 Å². The number of carbonyl (C=O) groups is 2. The van der Waals surface area contributed by atoms with Crippen molar-refractivity contribution >= 4 is 12.0 Å². The molecular weight excluding hydrogens is 248 g/mol. The molecule has 0 saturated carbocycles. The van der Waals surface area contributed by atoms with Gasteiger partial charge in [-0.1, -0.05) is 11.6 Å².